The normalized spacial score (nSPS) is 14.3. The van der Waals surface area contributed by atoms with Gasteiger partial charge in [-0.25, -0.2) is 0 Å². The maximum absolute atomic E-state index is 10.2. The Hall–Kier alpha value is -3.06. The highest BCUT2D eigenvalue weighted by Crippen LogP contribution is 2.18. The number of benzene rings is 2. The average Bonchev–Trinajstić information content (AvgIpc) is 2.80. The number of amidine groups is 1. The molecule has 0 spiro atoms. The Labute approximate surface area is 191 Å². The number of unbranched alkanes of at least 4 members (excludes halogenated alkanes) is 1. The van der Waals surface area contributed by atoms with Crippen LogP contribution >= 0.6 is 0 Å². The lowest BCUT2D eigenvalue weighted by atomic mass is 10.1. The quantitative estimate of drug-likeness (QED) is 0.170. The summed E-state index contributed by atoms with van der Waals surface area (Å²) >= 11 is 0. The summed E-state index contributed by atoms with van der Waals surface area (Å²) in [5, 5.41) is 11.8. The van der Waals surface area contributed by atoms with E-state index in [4.69, 9.17) is 21.4 Å². The number of carboxylic acid groups (broad SMARTS) is 1. The second-order valence-corrected chi connectivity index (χ2v) is 7.97. The van der Waals surface area contributed by atoms with E-state index in [1.807, 2.05) is 24.3 Å². The Morgan fingerprint density at radius 1 is 1.00 bits per heavy atom. The van der Waals surface area contributed by atoms with E-state index in [2.05, 4.69) is 28.2 Å². The first-order valence-electron chi connectivity index (χ1n) is 11.3. The van der Waals surface area contributed by atoms with Gasteiger partial charge in [0.15, 0.2) is 0 Å². The van der Waals surface area contributed by atoms with Gasteiger partial charge >= 0.3 is 5.97 Å². The topological polar surface area (TPSA) is 114 Å². The fourth-order valence-electron chi connectivity index (χ4n) is 3.54. The zero-order valence-electron chi connectivity index (χ0n) is 18.8. The molecule has 2 aromatic rings. The number of hydrogen-bond donors (Lipinski definition) is 3. The van der Waals surface area contributed by atoms with Crippen LogP contribution in [0.4, 0.5) is 0 Å². The first-order chi connectivity index (χ1) is 15.6. The number of hydrazone groups is 1. The number of hydrogen-bond acceptors (Lipinski definition) is 5. The number of likely N-dealkylation sites (tertiary alicyclic amines) is 1. The van der Waals surface area contributed by atoms with E-state index in [1.165, 1.54) is 37.9 Å². The summed E-state index contributed by atoms with van der Waals surface area (Å²) in [6.07, 6.45) is 6.76. The van der Waals surface area contributed by atoms with Crippen molar-refractivity contribution >= 4 is 11.8 Å². The molecule has 2 aromatic carbocycles. The molecule has 7 nitrogen and oxygen atoms in total. The van der Waals surface area contributed by atoms with Crippen molar-refractivity contribution in [3.05, 3.63) is 65.7 Å². The molecule has 0 saturated carbocycles. The summed E-state index contributed by atoms with van der Waals surface area (Å²) in [5.41, 5.74) is 7.73. The zero-order chi connectivity index (χ0) is 23.0. The molecule has 0 radical (unpaired) electrons. The molecule has 1 aliphatic rings. The van der Waals surface area contributed by atoms with Gasteiger partial charge in [0.25, 0.3) is 0 Å². The number of piperidine rings is 1. The number of carbonyl (C=O) groups is 1. The summed E-state index contributed by atoms with van der Waals surface area (Å²) in [7, 11) is 0. The molecule has 174 valence electrons. The minimum absolute atomic E-state index is 0.112. The van der Waals surface area contributed by atoms with Crippen LogP contribution in [0.1, 0.15) is 49.7 Å². The molecule has 0 aromatic heterocycles. The number of aliphatic carboxylic acids is 1. The third kappa shape index (κ3) is 10.8. The largest absolute Gasteiger partial charge is 0.494 e. The smallest absolute Gasteiger partial charge is 0.307 e. The summed E-state index contributed by atoms with van der Waals surface area (Å²) < 4.78 is 5.82. The van der Waals surface area contributed by atoms with E-state index in [-0.39, 0.29) is 6.42 Å². The fraction of sp³-hybridized carbons (Fsp3) is 0.440. The van der Waals surface area contributed by atoms with Crippen LogP contribution in [0, 0.1) is 0 Å². The van der Waals surface area contributed by atoms with Crippen molar-refractivity contribution in [2.45, 2.75) is 51.5 Å². The fourth-order valence-corrected chi connectivity index (χ4v) is 3.54. The van der Waals surface area contributed by atoms with Crippen molar-refractivity contribution in [3.8, 4) is 5.75 Å². The highest BCUT2D eigenvalue weighted by molar-refractivity contribution is 5.79. The van der Waals surface area contributed by atoms with Crippen molar-refractivity contribution in [2.75, 3.05) is 19.7 Å². The van der Waals surface area contributed by atoms with Crippen molar-refractivity contribution in [3.63, 3.8) is 0 Å². The highest BCUT2D eigenvalue weighted by Gasteiger charge is 2.10. The van der Waals surface area contributed by atoms with Gasteiger partial charge in [-0.2, -0.15) is 5.10 Å². The van der Waals surface area contributed by atoms with Crippen molar-refractivity contribution in [2.24, 2.45) is 16.7 Å². The van der Waals surface area contributed by atoms with E-state index < -0.39 is 5.97 Å². The molecular weight excluding hydrogens is 404 g/mol. The molecule has 0 atom stereocenters. The Kier molecular flexibility index (Phi) is 11.7. The predicted octanol–water partition coefficient (Wildman–Crippen LogP) is 3.77. The Morgan fingerprint density at radius 2 is 1.72 bits per heavy atom. The van der Waals surface area contributed by atoms with Crippen LogP contribution in [-0.2, 0) is 17.8 Å². The van der Waals surface area contributed by atoms with E-state index in [0.29, 0.717) is 12.4 Å². The minimum Gasteiger partial charge on any atom is -0.494 e. The maximum atomic E-state index is 10.2. The Bertz CT molecular complexity index is 821. The Morgan fingerprint density at radius 3 is 2.41 bits per heavy atom. The van der Waals surface area contributed by atoms with Crippen LogP contribution in [0.25, 0.3) is 0 Å². The second kappa shape index (κ2) is 14.9. The lowest BCUT2D eigenvalue weighted by Crippen LogP contribution is -2.29. The third-order valence-electron chi connectivity index (χ3n) is 5.21. The molecule has 1 heterocycles. The monoisotopic (exact) mass is 440 g/mol. The average molecular weight is 441 g/mol. The number of nitrogens with two attached hydrogens (primary N) is 2. The molecule has 0 bridgehead atoms. The lowest BCUT2D eigenvalue weighted by Gasteiger charge is -2.26. The molecule has 1 aliphatic heterocycles. The highest BCUT2D eigenvalue weighted by atomic mass is 16.5. The zero-order valence-corrected chi connectivity index (χ0v) is 18.8. The van der Waals surface area contributed by atoms with Crippen LogP contribution in [0.5, 0.6) is 5.75 Å². The molecule has 0 unspecified atom stereocenters. The van der Waals surface area contributed by atoms with Crippen molar-refractivity contribution in [1.82, 2.24) is 4.90 Å². The standard InChI is InChI=1S/C17H28N4O.C8H8O2/c18-17(20-19)9-2-5-12-22-16-8-6-7-15(13-16)14-21-10-3-1-4-11-21;9-8(10)6-7-4-2-1-3-5-7/h6-8,13H,1-5,9-12,14,19H2,(H2,18,20);1-5H,6H2,(H,9,10). The number of rotatable bonds is 10. The molecule has 1 fully saturated rings. The predicted molar refractivity (Wildman–Crippen MR) is 129 cm³/mol. The molecule has 0 amide bonds. The van der Waals surface area contributed by atoms with E-state index in [0.717, 1.165) is 37.1 Å². The van der Waals surface area contributed by atoms with Gasteiger partial charge in [0.2, 0.25) is 0 Å². The molecule has 32 heavy (non-hydrogen) atoms. The second-order valence-electron chi connectivity index (χ2n) is 7.97. The van der Waals surface area contributed by atoms with Gasteiger partial charge in [0.1, 0.15) is 11.6 Å². The number of carboxylic acids is 1. The van der Waals surface area contributed by atoms with Crippen LogP contribution in [0.2, 0.25) is 0 Å². The molecule has 7 heteroatoms. The summed E-state index contributed by atoms with van der Waals surface area (Å²) in [6.45, 7) is 4.16. The summed E-state index contributed by atoms with van der Waals surface area (Å²) in [6, 6.07) is 17.6. The summed E-state index contributed by atoms with van der Waals surface area (Å²) in [5.74, 6) is 5.77. The van der Waals surface area contributed by atoms with Crippen LogP contribution in [0.3, 0.4) is 0 Å². The van der Waals surface area contributed by atoms with Gasteiger partial charge in [-0.3, -0.25) is 9.69 Å². The SMILES string of the molecule is NN=C(N)CCCCOc1cccc(CN2CCCCC2)c1.O=C(O)Cc1ccccc1. The molecule has 1 saturated heterocycles. The van der Waals surface area contributed by atoms with Gasteiger partial charge in [-0.15, -0.1) is 0 Å². The van der Waals surface area contributed by atoms with E-state index >= 15 is 0 Å². The van der Waals surface area contributed by atoms with Crippen molar-refractivity contribution < 1.29 is 14.6 Å². The molecule has 3 rings (SSSR count). The first-order valence-corrected chi connectivity index (χ1v) is 11.3. The van der Waals surface area contributed by atoms with Gasteiger partial charge in [-0.1, -0.05) is 48.9 Å². The van der Waals surface area contributed by atoms with Gasteiger partial charge in [-0.05, 0) is 62.0 Å². The van der Waals surface area contributed by atoms with E-state index in [9.17, 15) is 4.79 Å². The summed E-state index contributed by atoms with van der Waals surface area (Å²) in [4.78, 5) is 12.7. The van der Waals surface area contributed by atoms with Crippen LogP contribution in [0.15, 0.2) is 59.7 Å². The van der Waals surface area contributed by atoms with Crippen LogP contribution in [-0.4, -0.2) is 41.5 Å². The van der Waals surface area contributed by atoms with Gasteiger partial charge in [0.05, 0.1) is 13.0 Å². The van der Waals surface area contributed by atoms with E-state index in [1.54, 1.807) is 12.1 Å². The number of nitrogens with zero attached hydrogens (tertiary/aromatic N) is 2. The number of ether oxygens (including phenoxy) is 1. The molecule has 5 N–H and O–H groups in total. The van der Waals surface area contributed by atoms with Crippen molar-refractivity contribution in [1.29, 1.82) is 0 Å². The van der Waals surface area contributed by atoms with Gasteiger partial charge < -0.3 is 21.4 Å². The van der Waals surface area contributed by atoms with Crippen LogP contribution < -0.4 is 16.3 Å². The maximum Gasteiger partial charge on any atom is 0.307 e. The minimum atomic E-state index is -0.786. The lowest BCUT2D eigenvalue weighted by molar-refractivity contribution is -0.136. The Balaban J connectivity index is 0.000000303. The van der Waals surface area contributed by atoms with Gasteiger partial charge in [0, 0.05) is 13.0 Å². The molecular formula is C25H36N4O3. The first kappa shape index (κ1) is 25.2. The molecule has 0 aliphatic carbocycles. The third-order valence-corrected chi connectivity index (χ3v) is 5.21.